The van der Waals surface area contributed by atoms with Gasteiger partial charge in [-0.1, -0.05) is 24.2 Å². The third-order valence-electron chi connectivity index (χ3n) is 5.01. The van der Waals surface area contributed by atoms with E-state index in [2.05, 4.69) is 15.5 Å². The molecule has 2 saturated carbocycles. The van der Waals surface area contributed by atoms with Crippen LogP contribution in [0.3, 0.4) is 0 Å². The number of hydrogen-bond donors (Lipinski definition) is 1. The van der Waals surface area contributed by atoms with Crippen molar-refractivity contribution in [2.24, 2.45) is 5.41 Å². The summed E-state index contributed by atoms with van der Waals surface area (Å²) in [5, 5.41) is 11.0. The van der Waals surface area contributed by atoms with Crippen LogP contribution >= 0.6 is 11.3 Å². The Kier molecular flexibility index (Phi) is 4.12. The first-order valence-corrected chi connectivity index (χ1v) is 8.47. The second-order valence-electron chi connectivity index (χ2n) is 5.92. The van der Waals surface area contributed by atoms with Gasteiger partial charge >= 0.3 is 6.03 Å². The molecule has 116 valence electrons. The predicted molar refractivity (Wildman–Crippen MR) is 81.4 cm³/mol. The largest absolute Gasteiger partial charge is 0.378 e. The van der Waals surface area contributed by atoms with Gasteiger partial charge in [-0.15, -0.1) is 10.2 Å². The lowest BCUT2D eigenvalue weighted by atomic mass is 9.60. The van der Waals surface area contributed by atoms with Crippen molar-refractivity contribution >= 4 is 22.5 Å². The van der Waals surface area contributed by atoms with E-state index in [0.717, 1.165) is 13.0 Å². The number of urea groups is 1. The first-order valence-electron chi connectivity index (χ1n) is 7.59. The van der Waals surface area contributed by atoms with Gasteiger partial charge in [0.15, 0.2) is 0 Å². The zero-order chi connectivity index (χ0) is 14.9. The highest BCUT2D eigenvalue weighted by atomic mass is 32.1. The molecule has 0 saturated heterocycles. The molecule has 1 spiro atoms. The second-order valence-corrected chi connectivity index (χ2v) is 6.75. The first-order chi connectivity index (χ1) is 10.2. The van der Waals surface area contributed by atoms with Gasteiger partial charge in [0, 0.05) is 25.1 Å². The van der Waals surface area contributed by atoms with Gasteiger partial charge in [-0.3, -0.25) is 5.32 Å². The fourth-order valence-corrected chi connectivity index (χ4v) is 4.38. The van der Waals surface area contributed by atoms with E-state index in [1.165, 1.54) is 37.0 Å². The van der Waals surface area contributed by atoms with E-state index in [1.807, 2.05) is 18.9 Å². The highest BCUT2D eigenvalue weighted by Gasteiger charge is 2.58. The van der Waals surface area contributed by atoms with E-state index in [0.29, 0.717) is 11.2 Å². The van der Waals surface area contributed by atoms with Gasteiger partial charge in [-0.2, -0.15) is 0 Å². The number of nitrogens with zero attached hydrogens (tertiary/aromatic N) is 3. The number of anilines is 1. The third-order valence-corrected chi connectivity index (χ3v) is 5.61. The lowest BCUT2D eigenvalue weighted by Gasteiger charge is -2.56. The zero-order valence-electron chi connectivity index (χ0n) is 12.5. The summed E-state index contributed by atoms with van der Waals surface area (Å²) in [5.74, 6) is 0. The van der Waals surface area contributed by atoms with Crippen molar-refractivity contribution in [3.8, 4) is 0 Å². The molecule has 1 heterocycles. The van der Waals surface area contributed by atoms with E-state index >= 15 is 0 Å². The van der Waals surface area contributed by atoms with Crippen molar-refractivity contribution in [3.05, 3.63) is 5.51 Å². The van der Waals surface area contributed by atoms with Crippen molar-refractivity contribution in [1.82, 2.24) is 15.1 Å². The van der Waals surface area contributed by atoms with Gasteiger partial charge in [0.05, 0.1) is 6.10 Å². The highest BCUT2D eigenvalue weighted by Crippen LogP contribution is 2.56. The third kappa shape index (κ3) is 2.53. The van der Waals surface area contributed by atoms with Crippen LogP contribution in [0.5, 0.6) is 0 Å². The van der Waals surface area contributed by atoms with E-state index in [1.54, 1.807) is 5.51 Å². The van der Waals surface area contributed by atoms with E-state index in [4.69, 9.17) is 4.74 Å². The number of ether oxygens (including phenoxy) is 1. The summed E-state index contributed by atoms with van der Waals surface area (Å²) in [6.07, 6.45) is 6.07. The maximum atomic E-state index is 12.4. The Bertz CT molecular complexity index is 487. The fraction of sp³-hybridized carbons (Fsp3) is 0.786. The molecule has 0 bridgehead atoms. The van der Waals surface area contributed by atoms with Crippen LogP contribution in [-0.2, 0) is 4.74 Å². The first kappa shape index (κ1) is 14.7. The quantitative estimate of drug-likeness (QED) is 0.928. The van der Waals surface area contributed by atoms with Crippen molar-refractivity contribution in [1.29, 1.82) is 0 Å². The highest BCUT2D eigenvalue weighted by molar-refractivity contribution is 7.13. The standard InChI is InChI=1S/C14H22N4O2S/c1-3-20-11-8-10(14(11)6-4-5-7-14)18(2)13(19)16-12-17-15-9-21-12/h9-11H,3-8H2,1-2H3,(H,16,17,19)/t10-,11-/m0/s1. The molecule has 2 fully saturated rings. The Balaban J connectivity index is 1.67. The van der Waals surface area contributed by atoms with Gasteiger partial charge in [-0.05, 0) is 26.2 Å². The van der Waals surface area contributed by atoms with Gasteiger partial charge in [0.25, 0.3) is 0 Å². The van der Waals surface area contributed by atoms with Crippen LogP contribution in [0.4, 0.5) is 9.93 Å². The number of aromatic nitrogens is 2. The maximum absolute atomic E-state index is 12.4. The van der Waals surface area contributed by atoms with E-state index < -0.39 is 0 Å². The molecular formula is C14H22N4O2S. The van der Waals surface area contributed by atoms with Crippen molar-refractivity contribution in [2.45, 2.75) is 51.2 Å². The molecule has 1 aromatic rings. The minimum atomic E-state index is -0.0991. The number of amides is 2. The summed E-state index contributed by atoms with van der Waals surface area (Å²) in [4.78, 5) is 14.2. The van der Waals surface area contributed by atoms with Crippen LogP contribution in [0.25, 0.3) is 0 Å². The summed E-state index contributed by atoms with van der Waals surface area (Å²) in [6.45, 7) is 2.79. The van der Waals surface area contributed by atoms with Crippen LogP contribution in [0.1, 0.15) is 39.0 Å². The molecule has 2 atom stereocenters. The topological polar surface area (TPSA) is 67.3 Å². The van der Waals surface area contributed by atoms with Crippen LogP contribution in [-0.4, -0.2) is 46.9 Å². The van der Waals surface area contributed by atoms with Gasteiger partial charge in [-0.25, -0.2) is 4.79 Å². The van der Waals surface area contributed by atoms with Crippen molar-refractivity contribution in [3.63, 3.8) is 0 Å². The normalized spacial score (nSPS) is 26.6. The summed E-state index contributed by atoms with van der Waals surface area (Å²) >= 11 is 1.33. The smallest absolute Gasteiger partial charge is 0.323 e. The molecule has 21 heavy (non-hydrogen) atoms. The van der Waals surface area contributed by atoms with Crippen molar-refractivity contribution in [2.75, 3.05) is 19.0 Å². The molecule has 0 unspecified atom stereocenters. The Hall–Kier alpha value is -1.21. The average Bonchev–Trinajstić information content (AvgIpc) is 3.14. The lowest BCUT2D eigenvalue weighted by molar-refractivity contribution is -0.150. The molecule has 2 amide bonds. The minimum Gasteiger partial charge on any atom is -0.378 e. The molecule has 6 nitrogen and oxygen atoms in total. The maximum Gasteiger partial charge on any atom is 0.323 e. The number of nitrogens with one attached hydrogen (secondary N) is 1. The lowest BCUT2D eigenvalue weighted by Crippen LogP contribution is -2.64. The number of carbonyl (C=O) groups is 1. The number of rotatable bonds is 4. The molecule has 0 radical (unpaired) electrons. The van der Waals surface area contributed by atoms with Crippen LogP contribution in [0.15, 0.2) is 5.51 Å². The number of hydrogen-bond acceptors (Lipinski definition) is 5. The summed E-state index contributed by atoms with van der Waals surface area (Å²) < 4.78 is 5.90. The van der Waals surface area contributed by atoms with E-state index in [9.17, 15) is 4.79 Å². The Labute approximate surface area is 128 Å². The zero-order valence-corrected chi connectivity index (χ0v) is 13.4. The van der Waals surface area contributed by atoms with Crippen LogP contribution in [0, 0.1) is 5.41 Å². The fourth-order valence-electron chi connectivity index (χ4n) is 3.94. The predicted octanol–water partition coefficient (Wildman–Crippen LogP) is 2.74. The van der Waals surface area contributed by atoms with Gasteiger partial charge in [0.1, 0.15) is 5.51 Å². The molecule has 1 aromatic heterocycles. The average molecular weight is 310 g/mol. The monoisotopic (exact) mass is 310 g/mol. The van der Waals surface area contributed by atoms with Crippen LogP contribution in [0.2, 0.25) is 0 Å². The minimum absolute atomic E-state index is 0.0991. The molecule has 2 aliphatic rings. The number of carbonyl (C=O) groups excluding carboxylic acids is 1. The SMILES string of the molecule is CCO[C@H]1C[C@H](N(C)C(=O)Nc2nncs2)C12CCCC2. The summed E-state index contributed by atoms with van der Waals surface area (Å²) in [5.41, 5.74) is 1.78. The van der Waals surface area contributed by atoms with Gasteiger partial charge in [0.2, 0.25) is 5.13 Å². The summed E-state index contributed by atoms with van der Waals surface area (Å²) in [7, 11) is 1.88. The van der Waals surface area contributed by atoms with Crippen molar-refractivity contribution < 1.29 is 9.53 Å². The molecule has 1 N–H and O–H groups in total. The molecule has 0 aliphatic heterocycles. The van der Waals surface area contributed by atoms with Crippen LogP contribution < -0.4 is 5.32 Å². The van der Waals surface area contributed by atoms with Gasteiger partial charge < -0.3 is 9.64 Å². The molecule has 0 aromatic carbocycles. The molecule has 3 rings (SSSR count). The molecule has 2 aliphatic carbocycles. The van der Waals surface area contributed by atoms with E-state index in [-0.39, 0.29) is 17.5 Å². The molecular weight excluding hydrogens is 288 g/mol. The second kappa shape index (κ2) is 5.88. The Morgan fingerprint density at radius 1 is 1.57 bits per heavy atom. The Morgan fingerprint density at radius 3 is 2.95 bits per heavy atom. The molecule has 7 heteroatoms. The Morgan fingerprint density at radius 2 is 2.33 bits per heavy atom. The summed E-state index contributed by atoms with van der Waals surface area (Å²) in [6, 6.07) is 0.169.